The number of nitrogens with zero attached hydrogens (tertiary/aromatic N) is 2. The van der Waals surface area contributed by atoms with E-state index >= 15 is 0 Å². The number of anilines is 1. The molecule has 0 spiro atoms. The van der Waals surface area contributed by atoms with Crippen molar-refractivity contribution in [3.63, 3.8) is 0 Å². The summed E-state index contributed by atoms with van der Waals surface area (Å²) in [5, 5.41) is 11.4. The number of rotatable bonds is 3. The minimum Gasteiger partial charge on any atom is -0.370 e. The molecule has 1 atom stereocenters. The van der Waals surface area contributed by atoms with Gasteiger partial charge in [-0.2, -0.15) is 13.2 Å². The Bertz CT molecular complexity index is 884. The van der Waals surface area contributed by atoms with Crippen LogP contribution in [0.2, 0.25) is 10.0 Å². The Kier molecular flexibility index (Phi) is 5.03. The van der Waals surface area contributed by atoms with Crippen molar-refractivity contribution in [2.24, 2.45) is 0 Å². The molecule has 0 saturated carbocycles. The number of nitro benzene ring substituents is 1. The van der Waals surface area contributed by atoms with E-state index in [0.717, 1.165) is 0 Å². The second-order valence-corrected chi connectivity index (χ2v) is 7.35. The third-order valence-corrected chi connectivity index (χ3v) is 5.29. The van der Waals surface area contributed by atoms with Gasteiger partial charge in [0.25, 0.3) is 5.69 Å². The first-order chi connectivity index (χ1) is 12.5. The van der Waals surface area contributed by atoms with Crippen molar-refractivity contribution in [1.82, 2.24) is 0 Å². The Hall–Kier alpha value is -1.99. The van der Waals surface area contributed by atoms with Crippen molar-refractivity contribution in [1.29, 1.82) is 0 Å². The van der Waals surface area contributed by atoms with E-state index in [1.54, 1.807) is 0 Å². The molecule has 0 amide bonds. The lowest BCUT2D eigenvalue weighted by Gasteiger charge is -2.33. The summed E-state index contributed by atoms with van der Waals surface area (Å²) >= 11 is 11.8. The number of nitro groups is 1. The van der Waals surface area contributed by atoms with Gasteiger partial charge in [-0.15, -0.1) is 0 Å². The lowest BCUT2D eigenvalue weighted by atomic mass is 9.79. The molecule has 9 heteroatoms. The summed E-state index contributed by atoms with van der Waals surface area (Å²) in [5.41, 5.74) is -1.87. The molecule has 1 saturated heterocycles. The van der Waals surface area contributed by atoms with Crippen molar-refractivity contribution in [3.05, 3.63) is 74.6 Å². The molecule has 2 aromatic rings. The molecule has 0 bridgehead atoms. The summed E-state index contributed by atoms with van der Waals surface area (Å²) in [6, 6.07) is 8.13. The molecule has 143 valence electrons. The highest BCUT2D eigenvalue weighted by Gasteiger charge is 2.59. The minimum absolute atomic E-state index is 0.0155. The van der Waals surface area contributed by atoms with Crippen LogP contribution >= 0.6 is 23.2 Å². The third kappa shape index (κ3) is 3.58. The highest BCUT2D eigenvalue weighted by atomic mass is 35.5. The molecule has 1 unspecified atom stereocenters. The second kappa shape index (κ2) is 6.87. The van der Waals surface area contributed by atoms with Crippen LogP contribution in [0, 0.1) is 17.0 Å². The van der Waals surface area contributed by atoms with Crippen LogP contribution in [0.4, 0.5) is 24.5 Å². The zero-order chi connectivity index (χ0) is 20.0. The van der Waals surface area contributed by atoms with Crippen molar-refractivity contribution in [3.8, 4) is 0 Å². The summed E-state index contributed by atoms with van der Waals surface area (Å²) < 4.78 is 42.3. The van der Waals surface area contributed by atoms with Gasteiger partial charge in [0.05, 0.1) is 4.92 Å². The first-order valence-corrected chi connectivity index (χ1v) is 8.68. The monoisotopic (exact) mass is 417 g/mol. The first kappa shape index (κ1) is 19.8. The molecule has 1 radical (unpaired) electrons. The number of hydrogen-bond acceptors (Lipinski definition) is 3. The summed E-state index contributed by atoms with van der Waals surface area (Å²) in [6.07, 6.45) is -4.76. The van der Waals surface area contributed by atoms with Gasteiger partial charge in [-0.1, -0.05) is 29.3 Å². The van der Waals surface area contributed by atoms with Crippen molar-refractivity contribution in [2.45, 2.75) is 18.0 Å². The summed E-state index contributed by atoms with van der Waals surface area (Å²) in [4.78, 5) is 12.0. The number of alkyl halides is 3. The Labute approximate surface area is 163 Å². The van der Waals surface area contributed by atoms with Crippen LogP contribution in [-0.2, 0) is 5.41 Å². The minimum atomic E-state index is -4.55. The standard InChI is InChI=1S/C18H14Cl2F3N2O2/c1-11-2-3-15(9-16(11)25(26)27)24-5-4-17(10-24,18(21,22)23)12-6-13(19)8-14(20)7-12/h2-3,6-9H,1,4-5,10H2. The molecule has 4 nitrogen and oxygen atoms in total. The molecular formula is C18H14Cl2F3N2O2. The number of hydrogen-bond donors (Lipinski definition) is 0. The van der Waals surface area contributed by atoms with Crippen molar-refractivity contribution >= 4 is 34.6 Å². The highest BCUT2D eigenvalue weighted by Crippen LogP contribution is 2.49. The fourth-order valence-electron chi connectivity index (χ4n) is 3.41. The molecule has 0 N–H and O–H groups in total. The van der Waals surface area contributed by atoms with Gasteiger partial charge in [0.1, 0.15) is 5.41 Å². The Morgan fingerprint density at radius 3 is 2.33 bits per heavy atom. The summed E-state index contributed by atoms with van der Waals surface area (Å²) in [7, 11) is 0. The average Bonchev–Trinajstić information content (AvgIpc) is 3.00. The Balaban J connectivity index is 2.03. The maximum atomic E-state index is 14.1. The van der Waals surface area contributed by atoms with Crippen LogP contribution in [0.3, 0.4) is 0 Å². The largest absolute Gasteiger partial charge is 0.400 e. The van der Waals surface area contributed by atoms with Crippen LogP contribution in [0.15, 0.2) is 36.4 Å². The topological polar surface area (TPSA) is 46.4 Å². The van der Waals surface area contributed by atoms with Gasteiger partial charge >= 0.3 is 6.18 Å². The lowest BCUT2D eigenvalue weighted by molar-refractivity contribution is -0.385. The molecule has 1 aliphatic heterocycles. The molecule has 3 rings (SSSR count). The van der Waals surface area contributed by atoms with E-state index in [4.69, 9.17) is 23.2 Å². The number of benzene rings is 2. The van der Waals surface area contributed by atoms with Crippen LogP contribution < -0.4 is 4.90 Å². The molecule has 1 heterocycles. The van der Waals surface area contributed by atoms with Crippen LogP contribution in [0.5, 0.6) is 0 Å². The first-order valence-electron chi connectivity index (χ1n) is 7.92. The highest BCUT2D eigenvalue weighted by molar-refractivity contribution is 6.34. The molecule has 0 aliphatic carbocycles. The van der Waals surface area contributed by atoms with Crippen LogP contribution in [0.1, 0.15) is 17.5 Å². The zero-order valence-corrected chi connectivity index (χ0v) is 15.4. The second-order valence-electron chi connectivity index (χ2n) is 6.48. The third-order valence-electron chi connectivity index (χ3n) is 4.86. The van der Waals surface area contributed by atoms with E-state index in [9.17, 15) is 23.3 Å². The fourth-order valence-corrected chi connectivity index (χ4v) is 3.94. The molecular weight excluding hydrogens is 404 g/mol. The van der Waals surface area contributed by atoms with Gasteiger partial charge < -0.3 is 4.90 Å². The summed E-state index contributed by atoms with van der Waals surface area (Å²) in [6.45, 7) is 3.27. The maximum absolute atomic E-state index is 14.1. The van der Waals surface area contributed by atoms with E-state index in [1.807, 2.05) is 0 Å². The maximum Gasteiger partial charge on any atom is 0.400 e. The van der Waals surface area contributed by atoms with E-state index in [-0.39, 0.29) is 46.4 Å². The van der Waals surface area contributed by atoms with Gasteiger partial charge in [0, 0.05) is 40.5 Å². The molecule has 2 aromatic carbocycles. The van der Waals surface area contributed by atoms with E-state index in [2.05, 4.69) is 6.92 Å². The average molecular weight is 418 g/mol. The van der Waals surface area contributed by atoms with Gasteiger partial charge in [-0.3, -0.25) is 10.1 Å². The zero-order valence-electron chi connectivity index (χ0n) is 13.9. The van der Waals surface area contributed by atoms with Gasteiger partial charge in [-0.25, -0.2) is 0 Å². The van der Waals surface area contributed by atoms with Gasteiger partial charge in [0.2, 0.25) is 0 Å². The van der Waals surface area contributed by atoms with E-state index < -0.39 is 16.5 Å². The van der Waals surface area contributed by atoms with Crippen LogP contribution in [0.25, 0.3) is 0 Å². The predicted octanol–water partition coefficient (Wildman–Crippen LogP) is 5.79. The van der Waals surface area contributed by atoms with Gasteiger partial charge in [-0.05, 0) is 43.2 Å². The lowest BCUT2D eigenvalue weighted by Crippen LogP contribution is -2.44. The molecule has 1 aliphatic rings. The predicted molar refractivity (Wildman–Crippen MR) is 98.6 cm³/mol. The van der Waals surface area contributed by atoms with Crippen LogP contribution in [-0.4, -0.2) is 24.2 Å². The Morgan fingerprint density at radius 2 is 1.78 bits per heavy atom. The molecule has 27 heavy (non-hydrogen) atoms. The quantitative estimate of drug-likeness (QED) is 0.468. The van der Waals surface area contributed by atoms with Crippen molar-refractivity contribution in [2.75, 3.05) is 18.0 Å². The SMILES string of the molecule is [CH2]c1ccc(N2CCC(c3cc(Cl)cc(Cl)c3)(C(F)(F)F)C2)cc1[N+](=O)[O-]. The number of halogens is 5. The van der Waals surface area contributed by atoms with Crippen molar-refractivity contribution < 1.29 is 18.1 Å². The van der Waals surface area contributed by atoms with E-state index in [0.29, 0.717) is 5.69 Å². The normalized spacial score (nSPS) is 20.1. The fraction of sp³-hybridized carbons (Fsp3) is 0.278. The Morgan fingerprint density at radius 1 is 1.15 bits per heavy atom. The van der Waals surface area contributed by atoms with E-state index in [1.165, 1.54) is 41.3 Å². The molecule has 1 fully saturated rings. The smallest absolute Gasteiger partial charge is 0.370 e. The molecule has 0 aromatic heterocycles. The van der Waals surface area contributed by atoms with Gasteiger partial charge in [0.15, 0.2) is 0 Å². The summed E-state index contributed by atoms with van der Waals surface area (Å²) in [5.74, 6) is 0.